The molecule has 1 aliphatic rings. The molecule has 180 valence electrons. The van der Waals surface area contributed by atoms with E-state index in [-0.39, 0.29) is 11.7 Å². The fourth-order valence-electron chi connectivity index (χ4n) is 3.64. The van der Waals surface area contributed by atoms with Crippen molar-refractivity contribution in [3.8, 4) is 11.5 Å². The van der Waals surface area contributed by atoms with E-state index in [2.05, 4.69) is 25.2 Å². The molecular formula is C27H26ClN3O3S. The second kappa shape index (κ2) is 11.0. The van der Waals surface area contributed by atoms with Crippen molar-refractivity contribution in [1.29, 1.82) is 0 Å². The van der Waals surface area contributed by atoms with Gasteiger partial charge in [-0.2, -0.15) is 0 Å². The summed E-state index contributed by atoms with van der Waals surface area (Å²) < 4.78 is 10.6. The first-order valence-electron chi connectivity index (χ1n) is 11.0. The average Bonchev–Trinajstić information content (AvgIpc) is 3.03. The van der Waals surface area contributed by atoms with E-state index in [1.54, 1.807) is 12.1 Å². The topological polar surface area (TPSA) is 72.3 Å². The van der Waals surface area contributed by atoms with Crippen molar-refractivity contribution in [1.82, 2.24) is 0 Å². The maximum absolute atomic E-state index is 12.8. The molecule has 0 radical (unpaired) electrons. The summed E-state index contributed by atoms with van der Waals surface area (Å²) in [6, 6.07) is 17.4. The molecule has 4 rings (SSSR count). The van der Waals surface area contributed by atoms with Crippen molar-refractivity contribution < 1.29 is 14.3 Å². The van der Waals surface area contributed by atoms with Crippen LogP contribution in [0.4, 0.5) is 17.1 Å². The lowest BCUT2D eigenvalue weighted by Crippen LogP contribution is -2.17. The van der Waals surface area contributed by atoms with E-state index in [4.69, 9.17) is 31.1 Å². The van der Waals surface area contributed by atoms with Crippen LogP contribution in [-0.2, 0) is 4.79 Å². The van der Waals surface area contributed by atoms with Gasteiger partial charge < -0.3 is 14.8 Å². The van der Waals surface area contributed by atoms with Gasteiger partial charge in [0.1, 0.15) is 11.5 Å². The number of benzene rings is 3. The minimum absolute atomic E-state index is 0.174. The van der Waals surface area contributed by atoms with Gasteiger partial charge in [0.15, 0.2) is 0 Å². The number of rotatable bonds is 6. The molecule has 1 amide bonds. The Hall–Kier alpha value is -3.29. The van der Waals surface area contributed by atoms with E-state index in [9.17, 15) is 4.79 Å². The average molecular weight is 508 g/mol. The quantitative estimate of drug-likeness (QED) is 0.394. The number of aliphatic imine (C=N–C) groups is 2. The first kappa shape index (κ1) is 24.8. The molecule has 3 aromatic rings. The van der Waals surface area contributed by atoms with Gasteiger partial charge in [-0.25, -0.2) is 4.99 Å². The summed E-state index contributed by atoms with van der Waals surface area (Å²) in [4.78, 5) is 22.7. The number of ether oxygens (including phenoxy) is 2. The van der Waals surface area contributed by atoms with Gasteiger partial charge in [-0.05, 0) is 48.7 Å². The van der Waals surface area contributed by atoms with Crippen LogP contribution in [0.5, 0.6) is 11.5 Å². The number of methoxy groups -OCH3 is 2. The molecule has 0 bridgehead atoms. The Kier molecular flexibility index (Phi) is 7.78. The maximum atomic E-state index is 12.8. The molecule has 0 unspecified atom stereocenters. The molecule has 0 atom stereocenters. The Bertz CT molecular complexity index is 1320. The van der Waals surface area contributed by atoms with Crippen LogP contribution in [0.15, 0.2) is 64.6 Å². The van der Waals surface area contributed by atoms with Crippen molar-refractivity contribution in [2.45, 2.75) is 20.3 Å². The van der Waals surface area contributed by atoms with Gasteiger partial charge in [0.2, 0.25) is 5.91 Å². The molecular weight excluding hydrogens is 482 g/mol. The van der Waals surface area contributed by atoms with Gasteiger partial charge in [0.25, 0.3) is 0 Å². The number of thioether (sulfide) groups is 1. The summed E-state index contributed by atoms with van der Waals surface area (Å²) in [5, 5.41) is 4.09. The van der Waals surface area contributed by atoms with Crippen LogP contribution in [0.3, 0.4) is 0 Å². The Morgan fingerprint density at radius 1 is 0.971 bits per heavy atom. The van der Waals surface area contributed by atoms with Gasteiger partial charge in [-0.3, -0.25) is 9.79 Å². The van der Waals surface area contributed by atoms with Crippen LogP contribution >= 0.6 is 23.4 Å². The number of fused-ring (bicyclic) bond motifs is 1. The minimum atomic E-state index is -0.194. The SMILES string of the molecule is COc1cc(OC)c(NC(=O)CSC2=Nc3cc(C)c(C)cc3N=C(c3ccccc3)C2)cc1Cl. The Labute approximate surface area is 214 Å². The molecule has 0 fully saturated rings. The zero-order valence-corrected chi connectivity index (χ0v) is 21.6. The molecule has 1 heterocycles. The Morgan fingerprint density at radius 2 is 1.63 bits per heavy atom. The molecule has 0 spiro atoms. The smallest absolute Gasteiger partial charge is 0.234 e. The van der Waals surface area contributed by atoms with E-state index in [0.29, 0.717) is 28.6 Å². The molecule has 35 heavy (non-hydrogen) atoms. The number of hydrogen-bond donors (Lipinski definition) is 1. The van der Waals surface area contributed by atoms with Crippen molar-refractivity contribution in [2.75, 3.05) is 25.3 Å². The van der Waals surface area contributed by atoms with E-state index in [1.807, 2.05) is 36.4 Å². The highest BCUT2D eigenvalue weighted by Crippen LogP contribution is 2.37. The predicted octanol–water partition coefficient (Wildman–Crippen LogP) is 6.90. The number of carbonyl (C=O) groups excluding carboxylic acids is 1. The summed E-state index contributed by atoms with van der Waals surface area (Å²) in [7, 11) is 3.05. The highest BCUT2D eigenvalue weighted by molar-refractivity contribution is 8.14. The lowest BCUT2D eigenvalue weighted by Gasteiger charge is -2.13. The van der Waals surface area contributed by atoms with Crippen molar-refractivity contribution in [3.63, 3.8) is 0 Å². The molecule has 1 aliphatic heterocycles. The second-order valence-corrected chi connectivity index (χ2v) is 9.51. The molecule has 0 aliphatic carbocycles. The summed E-state index contributed by atoms with van der Waals surface area (Å²) >= 11 is 7.63. The van der Waals surface area contributed by atoms with Gasteiger partial charge in [0.05, 0.1) is 52.8 Å². The van der Waals surface area contributed by atoms with Crippen LogP contribution in [-0.4, -0.2) is 36.6 Å². The maximum Gasteiger partial charge on any atom is 0.234 e. The third kappa shape index (κ3) is 5.86. The molecule has 3 aromatic carbocycles. The van der Waals surface area contributed by atoms with Crippen molar-refractivity contribution in [3.05, 3.63) is 76.3 Å². The van der Waals surface area contributed by atoms with Gasteiger partial charge in [-0.15, -0.1) is 11.8 Å². The highest BCUT2D eigenvalue weighted by atomic mass is 35.5. The number of hydrogen-bond acceptors (Lipinski definition) is 6. The van der Waals surface area contributed by atoms with Gasteiger partial charge in [-0.1, -0.05) is 41.9 Å². The Balaban J connectivity index is 1.56. The monoisotopic (exact) mass is 507 g/mol. The fourth-order valence-corrected chi connectivity index (χ4v) is 4.65. The summed E-state index contributed by atoms with van der Waals surface area (Å²) in [6.07, 6.45) is 0.534. The summed E-state index contributed by atoms with van der Waals surface area (Å²) in [5.41, 5.74) is 6.40. The predicted molar refractivity (Wildman–Crippen MR) is 146 cm³/mol. The molecule has 6 nitrogen and oxygen atoms in total. The largest absolute Gasteiger partial charge is 0.495 e. The summed E-state index contributed by atoms with van der Waals surface area (Å²) in [6.45, 7) is 4.13. The van der Waals surface area contributed by atoms with Gasteiger partial charge in [0, 0.05) is 12.5 Å². The van der Waals surface area contributed by atoms with E-state index >= 15 is 0 Å². The zero-order valence-electron chi connectivity index (χ0n) is 20.0. The van der Waals surface area contributed by atoms with Crippen LogP contribution in [0.2, 0.25) is 5.02 Å². The molecule has 0 saturated heterocycles. The third-order valence-electron chi connectivity index (χ3n) is 5.64. The first-order chi connectivity index (χ1) is 16.9. The number of nitrogens with one attached hydrogen (secondary N) is 1. The normalized spacial score (nSPS) is 12.7. The number of nitrogens with zero attached hydrogens (tertiary/aromatic N) is 2. The van der Waals surface area contributed by atoms with Crippen LogP contribution in [0.25, 0.3) is 0 Å². The lowest BCUT2D eigenvalue weighted by molar-refractivity contribution is -0.113. The van der Waals surface area contributed by atoms with E-state index in [1.165, 1.54) is 26.0 Å². The standard InChI is InChI=1S/C27H26ClN3O3S/c1-16-10-21-22(11-17(16)2)31-27(13-20(29-21)18-8-6-5-7-9-18)35-15-26(32)30-23-12-19(28)24(33-3)14-25(23)34-4/h5-12,14H,13,15H2,1-4H3,(H,30,32). The Morgan fingerprint density at radius 3 is 2.29 bits per heavy atom. The molecule has 8 heteroatoms. The number of amides is 1. The number of carbonyl (C=O) groups is 1. The zero-order chi connectivity index (χ0) is 24.9. The van der Waals surface area contributed by atoms with Crippen LogP contribution < -0.4 is 14.8 Å². The molecule has 1 N–H and O–H groups in total. The lowest BCUT2D eigenvalue weighted by atomic mass is 10.1. The second-order valence-electron chi connectivity index (χ2n) is 8.06. The summed E-state index contributed by atoms with van der Waals surface area (Å²) in [5.74, 6) is 0.920. The van der Waals surface area contributed by atoms with Gasteiger partial charge >= 0.3 is 0 Å². The highest BCUT2D eigenvalue weighted by Gasteiger charge is 2.18. The van der Waals surface area contributed by atoms with Crippen molar-refractivity contribution >= 4 is 57.1 Å². The number of halogens is 1. The molecule has 0 aromatic heterocycles. The minimum Gasteiger partial charge on any atom is -0.495 e. The molecule has 0 saturated carbocycles. The number of aryl methyl sites for hydroxylation is 2. The first-order valence-corrected chi connectivity index (χ1v) is 12.4. The number of anilines is 1. The fraction of sp³-hybridized carbons (Fsp3) is 0.222. The van der Waals surface area contributed by atoms with Crippen LogP contribution in [0.1, 0.15) is 23.1 Å². The van der Waals surface area contributed by atoms with Crippen molar-refractivity contribution in [2.24, 2.45) is 9.98 Å². The van der Waals surface area contributed by atoms with Crippen LogP contribution in [0, 0.1) is 13.8 Å². The van der Waals surface area contributed by atoms with E-state index in [0.717, 1.165) is 38.8 Å². The van der Waals surface area contributed by atoms with E-state index < -0.39 is 0 Å². The third-order valence-corrected chi connectivity index (χ3v) is 6.91.